The van der Waals surface area contributed by atoms with E-state index in [-0.39, 0.29) is 29.5 Å². The van der Waals surface area contributed by atoms with Gasteiger partial charge in [-0.15, -0.1) is 0 Å². The molecule has 3 rings (SSSR count). The molecular formula is C26H28N2O5S. The van der Waals surface area contributed by atoms with Crippen LogP contribution < -0.4 is 14.4 Å². The van der Waals surface area contributed by atoms with Gasteiger partial charge in [0.25, 0.3) is 15.9 Å². The van der Waals surface area contributed by atoms with Crippen LogP contribution >= 0.6 is 0 Å². The molecule has 8 heteroatoms. The number of carbonyl (C=O) groups excluding carboxylic acids is 2. The second-order valence-corrected chi connectivity index (χ2v) is 10.0. The van der Waals surface area contributed by atoms with Gasteiger partial charge in [-0.25, -0.2) is 8.42 Å². The maximum absolute atomic E-state index is 13.0. The highest BCUT2D eigenvalue weighted by atomic mass is 32.2. The summed E-state index contributed by atoms with van der Waals surface area (Å²) in [5.41, 5.74) is 3.85. The van der Waals surface area contributed by atoms with Gasteiger partial charge in [0.1, 0.15) is 5.75 Å². The number of carbonyl (C=O) groups is 2. The maximum Gasteiger partial charge on any atom is 0.312 e. The topological polar surface area (TPSA) is 92.8 Å². The van der Waals surface area contributed by atoms with E-state index in [9.17, 15) is 18.0 Å². The lowest BCUT2D eigenvalue weighted by molar-refractivity contribution is -0.134. The third-order valence-electron chi connectivity index (χ3n) is 5.46. The first-order valence-electron chi connectivity index (χ1n) is 10.8. The van der Waals surface area contributed by atoms with Crippen LogP contribution in [0, 0.1) is 20.8 Å². The van der Waals surface area contributed by atoms with Gasteiger partial charge in [-0.05, 0) is 80.4 Å². The van der Waals surface area contributed by atoms with Crippen molar-refractivity contribution in [1.29, 1.82) is 0 Å². The number of benzene rings is 3. The molecule has 0 bridgehead atoms. The Hall–Kier alpha value is -3.65. The van der Waals surface area contributed by atoms with Gasteiger partial charge >= 0.3 is 5.97 Å². The van der Waals surface area contributed by atoms with Gasteiger partial charge in [-0.3, -0.25) is 13.9 Å². The molecule has 0 spiro atoms. The highest BCUT2D eigenvalue weighted by Crippen LogP contribution is 2.25. The van der Waals surface area contributed by atoms with Crippen molar-refractivity contribution in [3.8, 4) is 5.75 Å². The molecule has 0 fully saturated rings. The van der Waals surface area contributed by atoms with Gasteiger partial charge in [0.05, 0.1) is 17.0 Å². The number of amides is 1. The van der Waals surface area contributed by atoms with E-state index in [1.165, 1.54) is 23.5 Å². The monoisotopic (exact) mass is 480 g/mol. The first kappa shape index (κ1) is 25.0. The molecule has 1 amide bonds. The smallest absolute Gasteiger partial charge is 0.312 e. The fraction of sp³-hybridized carbons (Fsp3) is 0.231. The normalized spacial score (nSPS) is 11.1. The molecule has 0 aliphatic heterocycles. The Balaban J connectivity index is 1.56. The highest BCUT2D eigenvalue weighted by molar-refractivity contribution is 7.92. The van der Waals surface area contributed by atoms with E-state index >= 15 is 0 Å². The highest BCUT2D eigenvalue weighted by Gasteiger charge is 2.22. The number of rotatable bonds is 8. The van der Waals surface area contributed by atoms with Crippen molar-refractivity contribution in [2.75, 3.05) is 17.9 Å². The molecule has 178 valence electrons. The first-order valence-corrected chi connectivity index (χ1v) is 12.2. The van der Waals surface area contributed by atoms with Gasteiger partial charge < -0.3 is 10.1 Å². The zero-order valence-electron chi connectivity index (χ0n) is 19.7. The molecule has 0 saturated heterocycles. The molecule has 0 heterocycles. The molecule has 0 aromatic heterocycles. The fourth-order valence-corrected chi connectivity index (χ4v) is 4.53. The molecule has 1 N–H and O–H groups in total. The average molecular weight is 481 g/mol. The largest absolute Gasteiger partial charge is 0.426 e. The van der Waals surface area contributed by atoms with Crippen LogP contribution in [0.3, 0.4) is 0 Å². The van der Waals surface area contributed by atoms with Crippen LogP contribution in [0.4, 0.5) is 5.69 Å². The summed E-state index contributed by atoms with van der Waals surface area (Å²) >= 11 is 0. The first-order chi connectivity index (χ1) is 16.1. The Bertz CT molecular complexity index is 1300. The molecule has 0 unspecified atom stereocenters. The number of nitrogens with one attached hydrogen (secondary N) is 1. The summed E-state index contributed by atoms with van der Waals surface area (Å²) in [6.07, 6.45) is 0.000361. The Morgan fingerprint density at radius 1 is 0.912 bits per heavy atom. The second-order valence-electron chi connectivity index (χ2n) is 8.06. The number of hydrogen-bond donors (Lipinski definition) is 1. The van der Waals surface area contributed by atoms with Crippen LogP contribution in [-0.2, 0) is 14.8 Å². The third-order valence-corrected chi connectivity index (χ3v) is 7.25. The van der Waals surface area contributed by atoms with Gasteiger partial charge in [0.15, 0.2) is 0 Å². The van der Waals surface area contributed by atoms with E-state index in [0.717, 1.165) is 16.7 Å². The van der Waals surface area contributed by atoms with Crippen LogP contribution in [0.1, 0.15) is 33.5 Å². The standard InChI is InChI=1S/C26H28N2O5S/c1-18-6-5-7-21(16-18)26(30)27-15-14-25(29)33-23-11-9-22(10-12-23)28(4)34(31,32)24-13-8-19(2)20(3)17-24/h5-13,16-17H,14-15H2,1-4H3,(H,27,30). The zero-order chi connectivity index (χ0) is 24.9. The lowest BCUT2D eigenvalue weighted by Gasteiger charge is -2.20. The Morgan fingerprint density at radius 2 is 1.62 bits per heavy atom. The van der Waals surface area contributed by atoms with E-state index in [2.05, 4.69) is 5.32 Å². The summed E-state index contributed by atoms with van der Waals surface area (Å²) in [4.78, 5) is 24.5. The average Bonchev–Trinajstić information content (AvgIpc) is 2.80. The fourth-order valence-electron chi connectivity index (χ4n) is 3.24. The summed E-state index contributed by atoms with van der Waals surface area (Å²) in [6.45, 7) is 5.83. The zero-order valence-corrected chi connectivity index (χ0v) is 20.5. The van der Waals surface area contributed by atoms with Crippen molar-refractivity contribution in [2.45, 2.75) is 32.1 Å². The number of esters is 1. The van der Waals surface area contributed by atoms with Crippen LogP contribution in [0.5, 0.6) is 5.75 Å². The molecule has 0 radical (unpaired) electrons. The van der Waals surface area contributed by atoms with Crippen LogP contribution in [-0.4, -0.2) is 33.9 Å². The summed E-state index contributed by atoms with van der Waals surface area (Å²) in [5, 5.41) is 2.69. The molecule has 7 nitrogen and oxygen atoms in total. The number of ether oxygens (including phenoxy) is 1. The summed E-state index contributed by atoms with van der Waals surface area (Å²) in [6, 6.07) is 18.4. The van der Waals surface area contributed by atoms with Gasteiger partial charge in [-0.1, -0.05) is 23.8 Å². The summed E-state index contributed by atoms with van der Waals surface area (Å²) in [5.74, 6) is -0.474. The Kier molecular flexibility index (Phi) is 7.73. The number of nitrogens with zero attached hydrogens (tertiary/aromatic N) is 1. The molecule has 3 aromatic carbocycles. The number of aryl methyl sites for hydroxylation is 3. The molecule has 3 aromatic rings. The predicted octanol–water partition coefficient (Wildman–Crippen LogP) is 4.16. The molecule has 0 aliphatic rings. The second kappa shape index (κ2) is 10.5. The van der Waals surface area contributed by atoms with Crippen molar-refractivity contribution >= 4 is 27.6 Å². The number of sulfonamides is 1. The van der Waals surface area contributed by atoms with Gasteiger partial charge in [0, 0.05) is 19.2 Å². The molecule has 0 atom stereocenters. The minimum Gasteiger partial charge on any atom is -0.426 e. The van der Waals surface area contributed by atoms with Crippen LogP contribution in [0.25, 0.3) is 0 Å². The van der Waals surface area contributed by atoms with E-state index in [0.29, 0.717) is 11.3 Å². The lowest BCUT2D eigenvalue weighted by Crippen LogP contribution is -2.27. The number of anilines is 1. The molecule has 0 aliphatic carbocycles. The van der Waals surface area contributed by atoms with Crippen molar-refractivity contribution in [3.05, 3.63) is 89.0 Å². The lowest BCUT2D eigenvalue weighted by atomic mass is 10.1. The third kappa shape index (κ3) is 6.02. The van der Waals surface area contributed by atoms with E-state index < -0.39 is 16.0 Å². The Labute approximate surface area is 200 Å². The van der Waals surface area contributed by atoms with Crippen LogP contribution in [0.2, 0.25) is 0 Å². The van der Waals surface area contributed by atoms with Crippen molar-refractivity contribution < 1.29 is 22.7 Å². The minimum atomic E-state index is -3.73. The summed E-state index contributed by atoms with van der Waals surface area (Å²) in [7, 11) is -2.25. The van der Waals surface area contributed by atoms with Gasteiger partial charge in [0.2, 0.25) is 0 Å². The van der Waals surface area contributed by atoms with Crippen molar-refractivity contribution in [1.82, 2.24) is 5.32 Å². The van der Waals surface area contributed by atoms with E-state index in [1.807, 2.05) is 26.8 Å². The van der Waals surface area contributed by atoms with E-state index in [1.54, 1.807) is 48.5 Å². The molecule has 0 saturated carbocycles. The van der Waals surface area contributed by atoms with Crippen molar-refractivity contribution in [3.63, 3.8) is 0 Å². The van der Waals surface area contributed by atoms with Crippen molar-refractivity contribution in [2.24, 2.45) is 0 Å². The SMILES string of the molecule is Cc1cccc(C(=O)NCCC(=O)Oc2ccc(N(C)S(=O)(=O)c3ccc(C)c(C)c3)cc2)c1. The van der Waals surface area contributed by atoms with Crippen LogP contribution in [0.15, 0.2) is 71.6 Å². The Morgan fingerprint density at radius 3 is 2.26 bits per heavy atom. The summed E-state index contributed by atoms with van der Waals surface area (Å²) < 4.78 is 32.4. The number of hydrogen-bond acceptors (Lipinski definition) is 5. The van der Waals surface area contributed by atoms with Gasteiger partial charge in [-0.2, -0.15) is 0 Å². The maximum atomic E-state index is 13.0. The quantitative estimate of drug-likeness (QED) is 0.386. The predicted molar refractivity (Wildman–Crippen MR) is 132 cm³/mol. The van der Waals surface area contributed by atoms with E-state index in [4.69, 9.17) is 4.74 Å². The molecular weight excluding hydrogens is 452 g/mol. The molecule has 34 heavy (non-hydrogen) atoms. The minimum absolute atomic E-state index is 0.000361.